The highest BCUT2D eigenvalue weighted by atomic mass is 16.5. The summed E-state index contributed by atoms with van der Waals surface area (Å²) in [4.78, 5) is 2.33. The van der Waals surface area contributed by atoms with E-state index in [1.165, 1.54) is 44.2 Å². The third kappa shape index (κ3) is 4.40. The molecular formula is C53H33NO2. The average molecular weight is 716 g/mol. The topological polar surface area (TPSA) is 25.6 Å². The number of furan rings is 1. The van der Waals surface area contributed by atoms with Crippen molar-refractivity contribution in [3.8, 4) is 33.8 Å². The van der Waals surface area contributed by atoms with Crippen molar-refractivity contribution in [1.29, 1.82) is 0 Å². The normalized spacial score (nSPS) is 13.3. The Kier molecular flexibility index (Phi) is 6.55. The van der Waals surface area contributed by atoms with Crippen molar-refractivity contribution in [2.45, 2.75) is 5.41 Å². The Balaban J connectivity index is 1.03. The fraction of sp³-hybridized carbons (Fsp3) is 0.0189. The minimum Gasteiger partial charge on any atom is -0.457 e. The molecule has 0 radical (unpaired) electrons. The van der Waals surface area contributed by atoms with Crippen molar-refractivity contribution in [3.63, 3.8) is 0 Å². The molecule has 0 saturated carbocycles. The number of ether oxygens (including phenoxy) is 1. The van der Waals surface area contributed by atoms with Gasteiger partial charge in [-0.1, -0.05) is 127 Å². The highest BCUT2D eigenvalue weighted by Gasteiger charge is 2.51. The summed E-state index contributed by atoms with van der Waals surface area (Å²) in [5.74, 6) is 1.77. The lowest BCUT2D eigenvalue weighted by molar-refractivity contribution is 0.436. The van der Waals surface area contributed by atoms with Crippen LogP contribution in [0.1, 0.15) is 22.3 Å². The van der Waals surface area contributed by atoms with Crippen LogP contribution in [-0.2, 0) is 5.41 Å². The van der Waals surface area contributed by atoms with Gasteiger partial charge >= 0.3 is 0 Å². The summed E-state index contributed by atoms with van der Waals surface area (Å²) in [6, 6.07) is 71.8. The van der Waals surface area contributed by atoms with Crippen LogP contribution in [-0.4, -0.2) is 0 Å². The lowest BCUT2D eigenvalue weighted by atomic mass is 9.66. The summed E-state index contributed by atoms with van der Waals surface area (Å²) >= 11 is 0. The Hall–Kier alpha value is -7.36. The zero-order valence-corrected chi connectivity index (χ0v) is 30.3. The molecule has 0 N–H and O–H groups in total. The molecular weight excluding hydrogens is 683 g/mol. The van der Waals surface area contributed by atoms with Crippen LogP contribution in [0, 0.1) is 0 Å². The van der Waals surface area contributed by atoms with E-state index in [1.54, 1.807) is 0 Å². The Labute approximate surface area is 324 Å². The van der Waals surface area contributed by atoms with Crippen LogP contribution >= 0.6 is 0 Å². The number of anilines is 3. The van der Waals surface area contributed by atoms with Gasteiger partial charge in [-0.15, -0.1) is 0 Å². The summed E-state index contributed by atoms with van der Waals surface area (Å²) in [6.45, 7) is 0. The summed E-state index contributed by atoms with van der Waals surface area (Å²) in [5.41, 5.74) is 14.0. The summed E-state index contributed by atoms with van der Waals surface area (Å²) in [7, 11) is 0. The molecule has 0 fully saturated rings. The van der Waals surface area contributed by atoms with Crippen molar-refractivity contribution in [2.75, 3.05) is 4.90 Å². The van der Waals surface area contributed by atoms with Crippen molar-refractivity contribution in [1.82, 2.24) is 0 Å². The molecule has 9 aromatic carbocycles. The third-order valence-electron chi connectivity index (χ3n) is 11.9. The molecule has 262 valence electrons. The number of nitrogens with zero attached hydrogens (tertiary/aromatic N) is 1. The second-order valence-corrected chi connectivity index (χ2v) is 14.8. The molecule has 2 aliphatic rings. The van der Waals surface area contributed by atoms with E-state index in [2.05, 4.69) is 205 Å². The zero-order valence-electron chi connectivity index (χ0n) is 30.3. The first kappa shape index (κ1) is 31.0. The molecule has 3 nitrogen and oxygen atoms in total. The number of fused-ring (bicyclic) bond motifs is 13. The summed E-state index contributed by atoms with van der Waals surface area (Å²) < 4.78 is 13.3. The molecule has 1 aliphatic carbocycles. The van der Waals surface area contributed by atoms with Gasteiger partial charge in [0.05, 0.1) is 5.41 Å². The predicted octanol–water partition coefficient (Wildman–Crippen LogP) is 14.3. The fourth-order valence-electron chi connectivity index (χ4n) is 9.44. The maximum Gasteiger partial charge on any atom is 0.135 e. The van der Waals surface area contributed by atoms with E-state index in [4.69, 9.17) is 9.15 Å². The minimum absolute atomic E-state index is 0.543. The fourth-order valence-corrected chi connectivity index (χ4v) is 9.44. The van der Waals surface area contributed by atoms with Crippen LogP contribution in [0.5, 0.6) is 11.5 Å². The first-order chi connectivity index (χ1) is 27.7. The van der Waals surface area contributed by atoms with Crippen LogP contribution in [0.4, 0.5) is 17.1 Å². The van der Waals surface area contributed by atoms with Gasteiger partial charge in [0.1, 0.15) is 22.7 Å². The molecule has 0 unspecified atom stereocenters. The van der Waals surface area contributed by atoms with E-state index in [0.29, 0.717) is 0 Å². The molecule has 10 aromatic rings. The van der Waals surface area contributed by atoms with Crippen LogP contribution < -0.4 is 9.64 Å². The van der Waals surface area contributed by atoms with Crippen LogP contribution in [0.15, 0.2) is 205 Å². The molecule has 0 amide bonds. The van der Waals surface area contributed by atoms with E-state index in [1.807, 2.05) is 0 Å². The van der Waals surface area contributed by atoms with Crippen LogP contribution in [0.3, 0.4) is 0 Å². The summed E-state index contributed by atoms with van der Waals surface area (Å²) in [6.07, 6.45) is 0. The van der Waals surface area contributed by atoms with Gasteiger partial charge < -0.3 is 14.1 Å². The van der Waals surface area contributed by atoms with Gasteiger partial charge in [-0.25, -0.2) is 0 Å². The van der Waals surface area contributed by atoms with Crippen molar-refractivity contribution in [2.24, 2.45) is 0 Å². The maximum atomic E-state index is 6.78. The second kappa shape index (κ2) is 11.8. The van der Waals surface area contributed by atoms with Crippen LogP contribution in [0.25, 0.3) is 55.0 Å². The number of benzene rings is 9. The molecule has 3 heteroatoms. The van der Waals surface area contributed by atoms with Crippen LogP contribution in [0.2, 0.25) is 0 Å². The quantitative estimate of drug-likeness (QED) is 0.181. The van der Waals surface area contributed by atoms with E-state index in [0.717, 1.165) is 61.6 Å². The molecule has 12 rings (SSSR count). The van der Waals surface area contributed by atoms with Gasteiger partial charge in [-0.2, -0.15) is 0 Å². The molecule has 1 aromatic heterocycles. The van der Waals surface area contributed by atoms with Gasteiger partial charge in [-0.05, 0) is 117 Å². The van der Waals surface area contributed by atoms with Gasteiger partial charge in [0, 0.05) is 39.0 Å². The average Bonchev–Trinajstić information content (AvgIpc) is 3.76. The van der Waals surface area contributed by atoms with Gasteiger partial charge in [0.2, 0.25) is 0 Å². The monoisotopic (exact) mass is 715 g/mol. The van der Waals surface area contributed by atoms with E-state index >= 15 is 0 Å². The smallest absolute Gasteiger partial charge is 0.135 e. The lowest BCUT2D eigenvalue weighted by Crippen LogP contribution is -2.32. The Bertz CT molecular complexity index is 3130. The van der Waals surface area contributed by atoms with Gasteiger partial charge in [0.25, 0.3) is 0 Å². The first-order valence-electron chi connectivity index (χ1n) is 19.2. The largest absolute Gasteiger partial charge is 0.457 e. The van der Waals surface area contributed by atoms with E-state index in [9.17, 15) is 0 Å². The molecule has 2 heterocycles. The third-order valence-corrected chi connectivity index (χ3v) is 11.9. The molecule has 0 atom stereocenters. The Morgan fingerprint density at radius 3 is 1.75 bits per heavy atom. The number of para-hydroxylation sites is 3. The molecule has 0 saturated heterocycles. The SMILES string of the molecule is c1ccc(N(c2ccc(-c3ccc4ccccc4c3)cc2)c2ccc3oc4cc5c(cc4c3c2)-c2ccccc2C52c3ccccc3Oc3ccccc32)cc1. The second-order valence-electron chi connectivity index (χ2n) is 14.8. The molecule has 1 spiro atoms. The van der Waals surface area contributed by atoms with Crippen molar-refractivity contribution < 1.29 is 9.15 Å². The first-order valence-corrected chi connectivity index (χ1v) is 19.2. The number of hydrogen-bond acceptors (Lipinski definition) is 3. The predicted molar refractivity (Wildman–Crippen MR) is 229 cm³/mol. The number of hydrogen-bond donors (Lipinski definition) is 0. The zero-order chi connectivity index (χ0) is 36.8. The lowest BCUT2D eigenvalue weighted by Gasteiger charge is -2.39. The van der Waals surface area contributed by atoms with E-state index in [-0.39, 0.29) is 0 Å². The highest BCUT2D eigenvalue weighted by Crippen LogP contribution is 2.62. The van der Waals surface area contributed by atoms with Gasteiger partial charge in [0.15, 0.2) is 0 Å². The minimum atomic E-state index is -0.543. The highest BCUT2D eigenvalue weighted by molar-refractivity contribution is 6.10. The Morgan fingerprint density at radius 2 is 0.964 bits per heavy atom. The number of rotatable bonds is 4. The maximum absolute atomic E-state index is 6.78. The van der Waals surface area contributed by atoms with E-state index < -0.39 is 5.41 Å². The van der Waals surface area contributed by atoms with Crippen molar-refractivity contribution >= 4 is 49.8 Å². The van der Waals surface area contributed by atoms with Crippen molar-refractivity contribution in [3.05, 3.63) is 222 Å². The molecule has 0 bridgehead atoms. The standard InChI is InChI=1S/C53H33NO2/c1-2-14-38(15-3-1)54(39-26-24-35(25-27-39)37-23-22-34-12-4-5-13-36(34)30-37)40-28-29-49-43(31-40)44-32-42-41-16-6-7-17-45(41)53(48(42)33-52(44)55-49)46-18-8-10-20-50(46)56-51-21-11-9-19-47(51)53/h1-33H. The van der Waals surface area contributed by atoms with Gasteiger partial charge in [-0.3, -0.25) is 0 Å². The molecule has 1 aliphatic heterocycles. The molecule has 56 heavy (non-hydrogen) atoms. The Morgan fingerprint density at radius 1 is 0.357 bits per heavy atom. The summed E-state index contributed by atoms with van der Waals surface area (Å²) in [5, 5.41) is 4.67.